The van der Waals surface area contributed by atoms with Crippen molar-refractivity contribution < 1.29 is 9.90 Å². The number of phenols is 1. The smallest absolute Gasteiger partial charge is 0.251 e. The van der Waals surface area contributed by atoms with Crippen LogP contribution in [0.2, 0.25) is 0 Å². The number of fused-ring (bicyclic) bond motifs is 4. The Morgan fingerprint density at radius 3 is 3.05 bits per heavy atom. The highest BCUT2D eigenvalue weighted by Gasteiger charge is 2.43. The van der Waals surface area contributed by atoms with Crippen molar-refractivity contribution in [2.75, 3.05) is 7.05 Å². The van der Waals surface area contributed by atoms with E-state index in [0.29, 0.717) is 18.1 Å². The van der Waals surface area contributed by atoms with Crippen molar-refractivity contribution in [3.63, 3.8) is 0 Å². The summed E-state index contributed by atoms with van der Waals surface area (Å²) in [5.41, 5.74) is 3.18. The van der Waals surface area contributed by atoms with Gasteiger partial charge in [-0.1, -0.05) is 0 Å². The van der Waals surface area contributed by atoms with Crippen LogP contribution in [0.1, 0.15) is 11.3 Å². The van der Waals surface area contributed by atoms with E-state index in [1.165, 1.54) is 0 Å². The fourth-order valence-corrected chi connectivity index (χ4v) is 3.46. The second-order valence-electron chi connectivity index (χ2n) is 5.34. The van der Waals surface area contributed by atoms with E-state index in [2.05, 4.69) is 4.98 Å². The molecule has 0 radical (unpaired) electrons. The van der Waals surface area contributed by atoms with Crippen LogP contribution in [-0.4, -0.2) is 44.0 Å². The highest BCUT2D eigenvalue weighted by molar-refractivity contribution is 7.80. The molecule has 6 heteroatoms. The quantitative estimate of drug-likeness (QED) is 0.718. The minimum Gasteiger partial charge on any atom is -0.508 e. The van der Waals surface area contributed by atoms with Gasteiger partial charge in [0.25, 0.3) is 5.91 Å². The summed E-state index contributed by atoms with van der Waals surface area (Å²) in [4.78, 5) is 19.1. The molecule has 2 aliphatic heterocycles. The summed E-state index contributed by atoms with van der Waals surface area (Å²) in [6.45, 7) is 0.615. The molecular weight excluding hydrogens is 274 g/mol. The van der Waals surface area contributed by atoms with Gasteiger partial charge >= 0.3 is 0 Å². The Balaban J connectivity index is 1.87. The molecule has 0 bridgehead atoms. The monoisotopic (exact) mass is 287 g/mol. The zero-order chi connectivity index (χ0) is 14.0. The maximum atomic E-state index is 12.2. The van der Waals surface area contributed by atoms with Gasteiger partial charge < -0.3 is 15.0 Å². The van der Waals surface area contributed by atoms with Gasteiger partial charge in [0.1, 0.15) is 11.8 Å². The number of carbonyl (C=O) groups excluding carboxylic acids is 1. The van der Waals surface area contributed by atoms with Gasteiger partial charge in [0.2, 0.25) is 0 Å². The number of aromatic amines is 1. The number of nitrogens with zero attached hydrogens (tertiary/aromatic N) is 2. The Kier molecular flexibility index (Phi) is 2.18. The van der Waals surface area contributed by atoms with Gasteiger partial charge in [0.05, 0.1) is 6.54 Å². The first-order valence-corrected chi connectivity index (χ1v) is 6.87. The van der Waals surface area contributed by atoms with Crippen molar-refractivity contribution in [3.05, 3.63) is 29.5 Å². The number of aromatic nitrogens is 1. The lowest BCUT2D eigenvalue weighted by Gasteiger charge is -2.28. The molecule has 2 aliphatic rings. The second kappa shape index (κ2) is 3.73. The summed E-state index contributed by atoms with van der Waals surface area (Å²) >= 11 is 5.32. The number of aromatic hydroxyl groups is 1. The molecule has 1 unspecified atom stereocenters. The van der Waals surface area contributed by atoms with Gasteiger partial charge in [-0.05, 0) is 36.0 Å². The molecule has 1 fully saturated rings. The molecule has 4 rings (SSSR count). The van der Waals surface area contributed by atoms with Crippen molar-refractivity contribution in [2.24, 2.45) is 0 Å². The van der Waals surface area contributed by atoms with Gasteiger partial charge in [-0.25, -0.2) is 0 Å². The van der Waals surface area contributed by atoms with E-state index in [0.717, 1.165) is 22.2 Å². The lowest BCUT2D eigenvalue weighted by atomic mass is 9.97. The Morgan fingerprint density at radius 1 is 1.45 bits per heavy atom. The van der Waals surface area contributed by atoms with Gasteiger partial charge in [-0.3, -0.25) is 9.69 Å². The molecule has 20 heavy (non-hydrogen) atoms. The SMILES string of the molecule is CN1C(=O)C2Cc3c([nH]c4ccc(O)cc34)CN2C1=S. The van der Waals surface area contributed by atoms with Crippen molar-refractivity contribution in [1.82, 2.24) is 14.8 Å². The van der Waals surface area contributed by atoms with Crippen LogP contribution in [0.4, 0.5) is 0 Å². The number of carbonyl (C=O) groups is 1. The van der Waals surface area contributed by atoms with Crippen LogP contribution >= 0.6 is 12.2 Å². The highest BCUT2D eigenvalue weighted by Crippen LogP contribution is 2.35. The maximum Gasteiger partial charge on any atom is 0.251 e. The highest BCUT2D eigenvalue weighted by atomic mass is 32.1. The van der Waals surface area contributed by atoms with Crippen LogP contribution in [0, 0.1) is 0 Å². The molecule has 1 aromatic heterocycles. The van der Waals surface area contributed by atoms with Crippen LogP contribution in [-0.2, 0) is 17.8 Å². The number of amides is 1. The number of phenolic OH excluding ortho intramolecular Hbond substituents is 1. The van der Waals surface area contributed by atoms with Crippen molar-refractivity contribution in [1.29, 1.82) is 0 Å². The molecule has 5 nitrogen and oxygen atoms in total. The van der Waals surface area contributed by atoms with Crippen LogP contribution in [0.5, 0.6) is 5.75 Å². The largest absolute Gasteiger partial charge is 0.508 e. The Bertz CT molecular complexity index is 767. The lowest BCUT2D eigenvalue weighted by molar-refractivity contribution is -0.127. The van der Waals surface area contributed by atoms with Crippen molar-refractivity contribution in [2.45, 2.75) is 19.0 Å². The summed E-state index contributed by atoms with van der Waals surface area (Å²) in [6.07, 6.45) is 0.627. The third-order valence-electron chi connectivity index (χ3n) is 4.23. The first-order chi connectivity index (χ1) is 9.56. The molecule has 0 aliphatic carbocycles. The van der Waals surface area contributed by atoms with E-state index in [1.807, 2.05) is 11.0 Å². The number of nitrogens with one attached hydrogen (secondary N) is 1. The summed E-state index contributed by atoms with van der Waals surface area (Å²) < 4.78 is 0. The molecular formula is C14H13N3O2S. The van der Waals surface area contributed by atoms with Crippen molar-refractivity contribution in [3.8, 4) is 5.75 Å². The van der Waals surface area contributed by atoms with Gasteiger partial charge in [0.15, 0.2) is 5.11 Å². The molecule has 1 saturated heterocycles. The molecule has 0 saturated carbocycles. The number of likely N-dealkylation sites (N-methyl/N-ethyl adjacent to an activating group) is 1. The zero-order valence-electron chi connectivity index (χ0n) is 10.9. The third-order valence-corrected chi connectivity index (χ3v) is 4.74. The first-order valence-electron chi connectivity index (χ1n) is 6.47. The summed E-state index contributed by atoms with van der Waals surface area (Å²) in [6, 6.07) is 5.07. The fraction of sp³-hybridized carbons (Fsp3) is 0.286. The normalized spacial score (nSPS) is 21.6. The predicted molar refractivity (Wildman–Crippen MR) is 78.4 cm³/mol. The Hall–Kier alpha value is -2.08. The topological polar surface area (TPSA) is 59.6 Å². The minimum atomic E-state index is -0.207. The van der Waals surface area contributed by atoms with Gasteiger partial charge in [0, 0.05) is 30.1 Å². The molecule has 2 N–H and O–H groups in total. The average molecular weight is 287 g/mol. The number of H-pyrrole nitrogens is 1. The molecule has 2 aromatic rings. The van der Waals surface area contributed by atoms with E-state index in [1.54, 1.807) is 24.1 Å². The van der Waals surface area contributed by atoms with Crippen LogP contribution < -0.4 is 0 Å². The lowest BCUT2D eigenvalue weighted by Crippen LogP contribution is -2.39. The number of hydrogen-bond acceptors (Lipinski definition) is 3. The predicted octanol–water partition coefficient (Wildman–Crippen LogP) is 1.36. The van der Waals surface area contributed by atoms with Gasteiger partial charge in [-0.2, -0.15) is 0 Å². The standard InChI is InChI=1S/C14H13N3O2S/c1-16-13(19)12-5-9-8-4-7(18)2-3-10(8)15-11(9)6-17(12)14(16)20/h2-4,12,15,18H,5-6H2,1H3. The summed E-state index contributed by atoms with van der Waals surface area (Å²) in [5, 5.41) is 11.2. The van der Waals surface area contributed by atoms with E-state index < -0.39 is 0 Å². The number of hydrogen-bond donors (Lipinski definition) is 2. The molecule has 1 aromatic carbocycles. The third kappa shape index (κ3) is 1.37. The summed E-state index contributed by atoms with van der Waals surface area (Å²) in [5.74, 6) is 0.294. The maximum absolute atomic E-state index is 12.2. The fourth-order valence-electron chi connectivity index (χ4n) is 3.18. The molecule has 1 atom stereocenters. The average Bonchev–Trinajstić information content (AvgIpc) is 2.89. The van der Waals surface area contributed by atoms with Gasteiger partial charge in [-0.15, -0.1) is 0 Å². The van der Waals surface area contributed by atoms with Crippen LogP contribution in [0.25, 0.3) is 10.9 Å². The molecule has 3 heterocycles. The number of benzene rings is 1. The molecule has 102 valence electrons. The van der Waals surface area contributed by atoms with E-state index in [9.17, 15) is 9.90 Å². The van der Waals surface area contributed by atoms with Crippen LogP contribution in [0.3, 0.4) is 0 Å². The van der Waals surface area contributed by atoms with E-state index >= 15 is 0 Å². The van der Waals surface area contributed by atoms with Crippen LogP contribution in [0.15, 0.2) is 18.2 Å². The van der Waals surface area contributed by atoms with E-state index in [-0.39, 0.29) is 17.7 Å². The Labute approximate surface area is 120 Å². The second-order valence-corrected chi connectivity index (χ2v) is 5.70. The van der Waals surface area contributed by atoms with E-state index in [4.69, 9.17) is 12.2 Å². The van der Waals surface area contributed by atoms with Crippen molar-refractivity contribution >= 4 is 34.1 Å². The number of rotatable bonds is 0. The molecule has 0 spiro atoms. The Morgan fingerprint density at radius 2 is 2.25 bits per heavy atom. The first kappa shape index (κ1) is 11.7. The number of thiocarbonyl (C=S) groups is 1. The summed E-state index contributed by atoms with van der Waals surface area (Å²) in [7, 11) is 1.72. The zero-order valence-corrected chi connectivity index (χ0v) is 11.7. The minimum absolute atomic E-state index is 0.0511. The molecule has 1 amide bonds.